The summed E-state index contributed by atoms with van der Waals surface area (Å²) in [6.07, 6.45) is 1.70. The molecule has 2 nitrogen and oxygen atoms in total. The SMILES string of the molecule is CC(O)(c1ccc(F)cc1)C1CCOCC1. The minimum absolute atomic E-state index is 0.187. The van der Waals surface area contributed by atoms with Crippen LogP contribution >= 0.6 is 0 Å². The molecule has 0 bridgehead atoms. The number of ether oxygens (including phenoxy) is 1. The van der Waals surface area contributed by atoms with Crippen LogP contribution in [0.4, 0.5) is 4.39 Å². The Bertz CT molecular complexity index is 339. The van der Waals surface area contributed by atoms with Gasteiger partial charge in [-0.3, -0.25) is 0 Å². The van der Waals surface area contributed by atoms with Crippen molar-refractivity contribution in [2.24, 2.45) is 5.92 Å². The van der Waals surface area contributed by atoms with Crippen LogP contribution in [0.2, 0.25) is 0 Å². The van der Waals surface area contributed by atoms with E-state index in [1.54, 1.807) is 19.1 Å². The van der Waals surface area contributed by atoms with Crippen LogP contribution in [0.5, 0.6) is 0 Å². The smallest absolute Gasteiger partial charge is 0.123 e. The van der Waals surface area contributed by atoms with Crippen LogP contribution in [0.1, 0.15) is 25.3 Å². The van der Waals surface area contributed by atoms with Crippen LogP contribution < -0.4 is 0 Å². The maximum atomic E-state index is 12.8. The van der Waals surface area contributed by atoms with Crippen LogP contribution in [-0.2, 0) is 10.3 Å². The summed E-state index contributed by atoms with van der Waals surface area (Å²) >= 11 is 0. The lowest BCUT2D eigenvalue weighted by Gasteiger charge is -2.35. The maximum Gasteiger partial charge on any atom is 0.123 e. The fourth-order valence-corrected chi connectivity index (χ4v) is 2.28. The predicted molar refractivity (Wildman–Crippen MR) is 59.5 cm³/mol. The van der Waals surface area contributed by atoms with Crippen molar-refractivity contribution in [2.75, 3.05) is 13.2 Å². The highest BCUT2D eigenvalue weighted by Gasteiger charge is 2.34. The van der Waals surface area contributed by atoms with Crippen molar-refractivity contribution >= 4 is 0 Å². The molecule has 0 aliphatic carbocycles. The molecule has 1 aliphatic heterocycles. The summed E-state index contributed by atoms with van der Waals surface area (Å²) in [5.74, 6) is -0.0850. The number of benzene rings is 1. The van der Waals surface area contributed by atoms with Gasteiger partial charge in [-0.15, -0.1) is 0 Å². The van der Waals surface area contributed by atoms with E-state index >= 15 is 0 Å². The molecule has 1 aliphatic rings. The molecular weight excluding hydrogens is 207 g/mol. The van der Waals surface area contributed by atoms with E-state index in [1.165, 1.54) is 12.1 Å². The Morgan fingerprint density at radius 2 is 1.81 bits per heavy atom. The largest absolute Gasteiger partial charge is 0.385 e. The van der Waals surface area contributed by atoms with Gasteiger partial charge in [-0.1, -0.05) is 12.1 Å². The minimum Gasteiger partial charge on any atom is -0.385 e. The second-order valence-corrected chi connectivity index (χ2v) is 4.54. The van der Waals surface area contributed by atoms with Gasteiger partial charge in [-0.05, 0) is 43.4 Å². The third-order valence-corrected chi connectivity index (χ3v) is 3.44. The van der Waals surface area contributed by atoms with Crippen LogP contribution in [0.25, 0.3) is 0 Å². The lowest BCUT2D eigenvalue weighted by Crippen LogP contribution is -2.35. The number of hydrogen-bond donors (Lipinski definition) is 1. The van der Waals surface area contributed by atoms with E-state index in [0.29, 0.717) is 13.2 Å². The first kappa shape index (κ1) is 11.6. The molecule has 1 N–H and O–H groups in total. The molecule has 16 heavy (non-hydrogen) atoms. The van der Waals surface area contributed by atoms with Crippen LogP contribution in [-0.4, -0.2) is 18.3 Å². The second kappa shape index (κ2) is 4.52. The Hall–Kier alpha value is -0.930. The van der Waals surface area contributed by atoms with Gasteiger partial charge in [0, 0.05) is 13.2 Å². The molecule has 1 aromatic rings. The maximum absolute atomic E-state index is 12.8. The highest BCUT2D eigenvalue weighted by Crippen LogP contribution is 2.35. The molecule has 1 atom stereocenters. The average Bonchev–Trinajstić information content (AvgIpc) is 2.31. The van der Waals surface area contributed by atoms with E-state index in [0.717, 1.165) is 18.4 Å². The Morgan fingerprint density at radius 3 is 2.38 bits per heavy atom. The van der Waals surface area contributed by atoms with Gasteiger partial charge in [0.15, 0.2) is 0 Å². The first-order chi connectivity index (χ1) is 7.60. The average molecular weight is 224 g/mol. The van der Waals surface area contributed by atoms with Gasteiger partial charge in [-0.2, -0.15) is 0 Å². The molecule has 1 aromatic carbocycles. The summed E-state index contributed by atoms with van der Waals surface area (Å²) in [5, 5.41) is 10.5. The van der Waals surface area contributed by atoms with Gasteiger partial charge in [0.25, 0.3) is 0 Å². The zero-order valence-electron chi connectivity index (χ0n) is 9.45. The summed E-state index contributed by atoms with van der Waals surface area (Å²) in [7, 11) is 0. The normalized spacial score (nSPS) is 21.7. The molecule has 1 saturated heterocycles. The van der Waals surface area contributed by atoms with Gasteiger partial charge < -0.3 is 9.84 Å². The van der Waals surface area contributed by atoms with Crippen molar-refractivity contribution in [3.05, 3.63) is 35.6 Å². The van der Waals surface area contributed by atoms with Gasteiger partial charge in [0.05, 0.1) is 5.60 Å². The molecule has 3 heteroatoms. The van der Waals surface area contributed by atoms with E-state index in [9.17, 15) is 9.50 Å². The molecule has 1 fully saturated rings. The molecular formula is C13H17FO2. The van der Waals surface area contributed by atoms with E-state index < -0.39 is 5.60 Å². The van der Waals surface area contributed by atoms with Gasteiger partial charge in [0.2, 0.25) is 0 Å². The summed E-state index contributed by atoms with van der Waals surface area (Å²) in [6.45, 7) is 3.19. The van der Waals surface area contributed by atoms with E-state index in [-0.39, 0.29) is 11.7 Å². The lowest BCUT2D eigenvalue weighted by atomic mass is 9.78. The fraction of sp³-hybridized carbons (Fsp3) is 0.538. The van der Waals surface area contributed by atoms with Crippen molar-refractivity contribution in [3.8, 4) is 0 Å². The molecule has 88 valence electrons. The Balaban J connectivity index is 2.19. The van der Waals surface area contributed by atoms with Crippen molar-refractivity contribution in [1.29, 1.82) is 0 Å². The Kier molecular flexibility index (Phi) is 3.26. The zero-order valence-corrected chi connectivity index (χ0v) is 9.45. The fourth-order valence-electron chi connectivity index (χ4n) is 2.28. The molecule has 2 rings (SSSR count). The van der Waals surface area contributed by atoms with Crippen LogP contribution in [0.3, 0.4) is 0 Å². The number of aliphatic hydroxyl groups is 1. The highest BCUT2D eigenvalue weighted by atomic mass is 19.1. The minimum atomic E-state index is -0.891. The number of hydrogen-bond acceptors (Lipinski definition) is 2. The monoisotopic (exact) mass is 224 g/mol. The van der Waals surface area contributed by atoms with Crippen molar-refractivity contribution < 1.29 is 14.2 Å². The van der Waals surface area contributed by atoms with Gasteiger partial charge >= 0.3 is 0 Å². The van der Waals surface area contributed by atoms with Gasteiger partial charge in [-0.25, -0.2) is 4.39 Å². The molecule has 0 spiro atoms. The summed E-state index contributed by atoms with van der Waals surface area (Å²) in [6, 6.07) is 6.10. The number of halogens is 1. The third kappa shape index (κ3) is 2.25. The van der Waals surface area contributed by atoms with E-state index in [2.05, 4.69) is 0 Å². The first-order valence-electron chi connectivity index (χ1n) is 5.67. The molecule has 0 saturated carbocycles. The molecule has 0 amide bonds. The Labute approximate surface area is 95.1 Å². The van der Waals surface area contributed by atoms with Crippen molar-refractivity contribution in [1.82, 2.24) is 0 Å². The first-order valence-corrected chi connectivity index (χ1v) is 5.67. The van der Waals surface area contributed by atoms with Gasteiger partial charge in [0.1, 0.15) is 5.82 Å². The third-order valence-electron chi connectivity index (χ3n) is 3.44. The van der Waals surface area contributed by atoms with Crippen LogP contribution in [0, 0.1) is 11.7 Å². The highest BCUT2D eigenvalue weighted by molar-refractivity contribution is 5.23. The van der Waals surface area contributed by atoms with Crippen LogP contribution in [0.15, 0.2) is 24.3 Å². The Morgan fingerprint density at radius 1 is 1.25 bits per heavy atom. The number of rotatable bonds is 2. The van der Waals surface area contributed by atoms with E-state index in [1.807, 2.05) is 0 Å². The molecule has 0 aromatic heterocycles. The zero-order chi connectivity index (χ0) is 11.6. The summed E-state index contributed by atoms with van der Waals surface area (Å²) in [5.41, 5.74) is -0.113. The standard InChI is InChI=1S/C13H17FO2/c1-13(15,11-6-8-16-9-7-11)10-2-4-12(14)5-3-10/h2-5,11,15H,6-9H2,1H3. The quantitative estimate of drug-likeness (QED) is 0.836. The summed E-state index contributed by atoms with van der Waals surface area (Å²) in [4.78, 5) is 0. The van der Waals surface area contributed by atoms with Crippen molar-refractivity contribution in [3.63, 3.8) is 0 Å². The second-order valence-electron chi connectivity index (χ2n) is 4.54. The molecule has 1 heterocycles. The summed E-state index contributed by atoms with van der Waals surface area (Å²) < 4.78 is 18.1. The lowest BCUT2D eigenvalue weighted by molar-refractivity contribution is -0.0580. The topological polar surface area (TPSA) is 29.5 Å². The van der Waals surface area contributed by atoms with E-state index in [4.69, 9.17) is 4.74 Å². The molecule has 1 unspecified atom stereocenters. The predicted octanol–water partition coefficient (Wildman–Crippen LogP) is 2.46. The molecule has 0 radical (unpaired) electrons. The van der Waals surface area contributed by atoms with Crippen molar-refractivity contribution in [2.45, 2.75) is 25.4 Å².